The first-order valence-corrected chi connectivity index (χ1v) is 45.9. The highest BCUT2D eigenvalue weighted by molar-refractivity contribution is 6.08. The number of rotatable bonds is 20. The van der Waals surface area contributed by atoms with Crippen molar-refractivity contribution < 1.29 is 71.5 Å². The number of anilines is 1. The molecule has 8 aromatic carbocycles. The van der Waals surface area contributed by atoms with Crippen LogP contribution in [0.15, 0.2) is 225 Å². The number of carboxylic acids is 4. The van der Waals surface area contributed by atoms with Crippen molar-refractivity contribution in [2.75, 3.05) is 12.4 Å². The number of allylic oxidation sites excluding steroid dienone is 1. The van der Waals surface area contributed by atoms with Gasteiger partial charge >= 0.3 is 23.9 Å². The highest BCUT2D eigenvalue weighted by atomic mass is 35.5. The molecule has 0 saturated heterocycles. The number of aliphatic carboxylic acids is 4. The number of nitrogens with one attached hydrogen (secondary N) is 3. The van der Waals surface area contributed by atoms with Crippen LogP contribution in [0.5, 0.6) is 0 Å². The minimum atomic E-state index is -0.926. The average Bonchev–Trinajstić information content (AvgIpc) is 1.62. The summed E-state index contributed by atoms with van der Waals surface area (Å²) in [5, 5.41) is 55.2. The number of pyridine rings is 4. The SMILES string of the molecule is Cc1c(C2=CCC(Nc3ccc4ccccc4n3)CC2)c2cc(F)ccc2n1CC(=O)O.Cc1c(C2CCC(N(C)C(=O)c3ccc4ccccc4n3)CC2)c2cc(F)ccc2n1CC(=O)O.Cc1c(C2CCC(NC(=O)c3cccc4ncccc34)CC2)c2cc(F)ccc2n1CC(=O)O.Cc1c(C2CCC(NC(=O)c3cncc4ccccc34)CC2)c2cc(F)ccc2n1CC(=O)O.Cl.Cl.Cl. The summed E-state index contributed by atoms with van der Waals surface area (Å²) in [6.07, 6.45) is 19.7. The third-order valence-electron chi connectivity index (χ3n) is 27.7. The van der Waals surface area contributed by atoms with Gasteiger partial charge in [-0.1, -0.05) is 84.9 Å². The maximum Gasteiger partial charge on any atom is 0.323 e. The number of halogens is 7. The smallest absolute Gasteiger partial charge is 0.323 e. The Kier molecular flexibility index (Phi) is 31.5. The number of carbonyl (C=O) groups is 7. The normalized spacial score (nSPS) is 17.4. The molecular formula is C108H107Cl3F4N12O11. The van der Waals surface area contributed by atoms with E-state index >= 15 is 0 Å². The largest absolute Gasteiger partial charge is 0.480 e. The maximum absolute atomic E-state index is 14.1. The minimum Gasteiger partial charge on any atom is -0.480 e. The van der Waals surface area contributed by atoms with Crippen LogP contribution in [-0.4, -0.2) is 136 Å². The van der Waals surface area contributed by atoms with Gasteiger partial charge in [0.15, 0.2) is 0 Å². The van der Waals surface area contributed by atoms with Crippen LogP contribution in [0.25, 0.3) is 92.7 Å². The summed E-state index contributed by atoms with van der Waals surface area (Å²) in [5.74, 6) is -3.86. The lowest BCUT2D eigenvalue weighted by atomic mass is 9.80. The predicted molar refractivity (Wildman–Crippen MR) is 537 cm³/mol. The molecule has 8 heterocycles. The van der Waals surface area contributed by atoms with E-state index in [1.54, 1.807) is 72.1 Å². The summed E-state index contributed by atoms with van der Waals surface area (Å²) in [6.45, 7) is 7.07. The van der Waals surface area contributed by atoms with Crippen LogP contribution in [0, 0.1) is 51.0 Å². The topological polar surface area (TPSA) is 311 Å². The van der Waals surface area contributed by atoms with Crippen molar-refractivity contribution in [3.05, 3.63) is 310 Å². The van der Waals surface area contributed by atoms with E-state index in [0.717, 1.165) is 240 Å². The van der Waals surface area contributed by atoms with Gasteiger partial charge in [-0.3, -0.25) is 43.5 Å². The van der Waals surface area contributed by atoms with Gasteiger partial charge in [0.05, 0.1) is 22.1 Å². The van der Waals surface area contributed by atoms with Crippen molar-refractivity contribution in [2.24, 2.45) is 0 Å². The zero-order chi connectivity index (χ0) is 94.6. The summed E-state index contributed by atoms with van der Waals surface area (Å²) in [6, 6.07) is 59.3. The lowest BCUT2D eigenvalue weighted by molar-refractivity contribution is -0.138. The number of hydrogen-bond donors (Lipinski definition) is 7. The molecule has 1 unspecified atom stereocenters. The van der Waals surface area contributed by atoms with Gasteiger partial charge < -0.3 is 59.5 Å². The van der Waals surface area contributed by atoms with Crippen molar-refractivity contribution in [3.63, 3.8) is 0 Å². The number of carboxylic acid groups (broad SMARTS) is 4. The van der Waals surface area contributed by atoms with E-state index in [-0.39, 0.29) is 146 Å². The van der Waals surface area contributed by atoms with Gasteiger partial charge in [-0.05, 0) is 291 Å². The Morgan fingerprint density at radius 3 is 1.30 bits per heavy atom. The van der Waals surface area contributed by atoms with Gasteiger partial charge in [0.2, 0.25) is 0 Å². The number of carbonyl (C=O) groups excluding carboxylic acids is 3. The summed E-state index contributed by atoms with van der Waals surface area (Å²) in [4.78, 5) is 104. The van der Waals surface area contributed by atoms with Crippen molar-refractivity contribution in [1.29, 1.82) is 0 Å². The van der Waals surface area contributed by atoms with Crippen LogP contribution >= 0.6 is 37.2 Å². The molecule has 3 amide bonds. The van der Waals surface area contributed by atoms with Crippen molar-refractivity contribution in [1.82, 2.24) is 53.7 Å². The van der Waals surface area contributed by atoms with E-state index in [1.165, 1.54) is 48.5 Å². The van der Waals surface area contributed by atoms with Crippen molar-refractivity contribution >= 4 is 177 Å². The Hall–Kier alpha value is -14.0. The van der Waals surface area contributed by atoms with E-state index < -0.39 is 23.9 Å². The molecule has 3 fully saturated rings. The zero-order valence-corrected chi connectivity index (χ0v) is 79.2. The standard InChI is InChI=1S/C28H28FN3O3.2C27H26FN3O3.C26H24FN3O2.3ClH/c1-17-27(22-15-20(29)10-14-25(22)32(17)16-26(33)34)19-7-11-21(12-8-19)31(2)28(35)24-13-9-18-5-3-4-6-23(18)30-24;1-16-26(22-14-18(28)9-12-24(22)31(16)15-25(32)33)17-7-10-19(11-8-17)30-27(34)21-4-2-6-23-20(21)5-3-13-29-23;1-16-26(22-12-19(28)8-11-24(22)31(16)15-25(32)33)17-6-9-20(10-7-17)30-27(34)23-14-29-13-18-4-2-3-5-21(18)23;1-16-26(21-14-19(27)9-12-23(21)30(16)15-25(31)32)18-6-10-20(11-7-18)28-24-13-8-17-4-2-3-5-22(17)29-24;;;/h3-6,9-10,13-15,19,21H,7-8,11-12,16H2,1-2H3,(H,33,34);2-6,9,12-14,17,19H,7-8,10-11,15H2,1H3,(H,30,34)(H,32,33);2-5,8,11-14,17,20H,6-7,9-10,15H2,1H3,(H,30,34)(H,32,33);2-6,8-9,12-14,20H,7,10-11,15H2,1H3,(H,28,29)(H,31,32);3*1H. The van der Waals surface area contributed by atoms with Crippen LogP contribution in [0.4, 0.5) is 23.4 Å². The summed E-state index contributed by atoms with van der Waals surface area (Å²) >= 11 is 0. The van der Waals surface area contributed by atoms with E-state index in [0.29, 0.717) is 16.8 Å². The second-order valence-electron chi connectivity index (χ2n) is 35.9. The second-order valence-corrected chi connectivity index (χ2v) is 35.9. The van der Waals surface area contributed by atoms with Crippen molar-refractivity contribution in [2.45, 2.75) is 192 Å². The highest BCUT2D eigenvalue weighted by Gasteiger charge is 2.35. The van der Waals surface area contributed by atoms with E-state index in [9.17, 15) is 71.5 Å². The molecule has 0 radical (unpaired) electrons. The van der Waals surface area contributed by atoms with Crippen LogP contribution in [-0.2, 0) is 45.4 Å². The molecule has 4 aliphatic carbocycles. The molecule has 0 aliphatic heterocycles. The van der Waals surface area contributed by atoms with Gasteiger partial charge in [0, 0.05) is 149 Å². The van der Waals surface area contributed by atoms with Crippen molar-refractivity contribution in [3.8, 4) is 0 Å². The molecule has 714 valence electrons. The van der Waals surface area contributed by atoms with E-state index in [1.807, 2.05) is 150 Å². The summed E-state index contributed by atoms with van der Waals surface area (Å²) in [7, 11) is 1.84. The van der Waals surface area contributed by atoms with Gasteiger partial charge in [-0.25, -0.2) is 27.5 Å². The number of fused-ring (bicyclic) bond motifs is 8. The first kappa shape index (κ1) is 99.9. The summed E-state index contributed by atoms with van der Waals surface area (Å²) in [5.41, 5.74) is 15.9. The number of nitrogens with zero attached hydrogens (tertiary/aromatic N) is 9. The molecule has 23 nitrogen and oxygen atoms in total. The molecule has 3 saturated carbocycles. The predicted octanol–water partition coefficient (Wildman–Crippen LogP) is 22.9. The van der Waals surface area contributed by atoms with Gasteiger partial charge in [-0.15, -0.1) is 37.2 Å². The van der Waals surface area contributed by atoms with E-state index in [2.05, 4.69) is 43.0 Å². The van der Waals surface area contributed by atoms with Crippen LogP contribution in [0.2, 0.25) is 0 Å². The fraction of sp³-hybridized carbons (Fsp3) is 0.287. The van der Waals surface area contributed by atoms with Crippen LogP contribution < -0.4 is 16.0 Å². The molecule has 0 spiro atoms. The highest BCUT2D eigenvalue weighted by Crippen LogP contribution is 2.46. The summed E-state index contributed by atoms with van der Waals surface area (Å²) < 4.78 is 63.4. The Morgan fingerprint density at radius 2 is 0.819 bits per heavy atom. The molecule has 20 rings (SSSR count). The quantitative estimate of drug-likeness (QED) is 0.0349. The molecule has 0 bridgehead atoms. The third-order valence-corrected chi connectivity index (χ3v) is 27.7. The van der Waals surface area contributed by atoms with Gasteiger partial charge in [-0.2, -0.15) is 0 Å². The monoisotopic (exact) mass is 1930 g/mol. The zero-order valence-electron chi connectivity index (χ0n) is 76.7. The Bertz CT molecular complexity index is 7130. The Morgan fingerprint density at radius 1 is 0.399 bits per heavy atom. The van der Waals surface area contributed by atoms with E-state index in [4.69, 9.17) is 4.98 Å². The number of hydrogen-bond acceptors (Lipinski definition) is 12. The fourth-order valence-electron chi connectivity index (χ4n) is 21.2. The lowest BCUT2D eigenvalue weighted by Crippen LogP contribution is -2.39. The molecule has 1 atom stereocenters. The molecule has 8 aromatic heterocycles. The van der Waals surface area contributed by atoms with Crippen LogP contribution in [0.3, 0.4) is 0 Å². The number of amides is 3. The van der Waals surface area contributed by atoms with Crippen LogP contribution in [0.1, 0.15) is 190 Å². The van der Waals surface area contributed by atoms with Gasteiger partial charge in [0.1, 0.15) is 61.0 Å². The fourth-order valence-corrected chi connectivity index (χ4v) is 21.2. The average molecular weight is 1930 g/mol. The number of benzene rings is 8. The third kappa shape index (κ3) is 21.5. The Balaban J connectivity index is 0.000000146. The number of aromatic nitrogens is 8. The molecule has 16 aromatic rings. The second kappa shape index (κ2) is 43.6. The lowest BCUT2D eigenvalue weighted by Gasteiger charge is -2.35. The molecule has 30 heteroatoms. The molecule has 4 aliphatic rings. The molecular weight excluding hydrogens is 1820 g/mol. The van der Waals surface area contributed by atoms with Gasteiger partial charge in [0.25, 0.3) is 17.7 Å². The molecule has 7 N–H and O–H groups in total. The minimum absolute atomic E-state index is 0. The maximum atomic E-state index is 14.1. The number of para-hydroxylation sites is 2. The first-order chi connectivity index (χ1) is 65.2. The first-order valence-electron chi connectivity index (χ1n) is 45.9. The Labute approximate surface area is 812 Å². The molecule has 138 heavy (non-hydrogen) atoms.